The maximum Gasteiger partial charge on any atom is 0.211 e. The number of fused-ring (bicyclic) bond motifs is 4. The number of H-pyrrole nitrogens is 1. The fraction of sp³-hybridized carbons (Fsp3) is 0.217. The van der Waals surface area contributed by atoms with E-state index in [9.17, 15) is 4.79 Å². The number of thioether (sulfide) groups is 1. The topological polar surface area (TPSA) is 74.8 Å². The number of nitrogens with zero attached hydrogens (tertiary/aromatic N) is 4. The highest BCUT2D eigenvalue weighted by Crippen LogP contribution is 2.46. The first kappa shape index (κ1) is 18.8. The number of carbonyl (C=O) groups is 1. The van der Waals surface area contributed by atoms with Crippen molar-refractivity contribution in [1.82, 2.24) is 20.2 Å². The van der Waals surface area contributed by atoms with Gasteiger partial charge in [0.05, 0.1) is 5.75 Å². The van der Waals surface area contributed by atoms with E-state index in [1.165, 1.54) is 17.3 Å². The van der Waals surface area contributed by atoms with Crippen LogP contribution in [0, 0.1) is 0 Å². The van der Waals surface area contributed by atoms with E-state index in [1.807, 2.05) is 43.4 Å². The second-order valence-electron chi connectivity index (χ2n) is 7.95. The van der Waals surface area contributed by atoms with E-state index in [0.717, 1.165) is 27.8 Å². The van der Waals surface area contributed by atoms with Gasteiger partial charge in [-0.15, -0.1) is 10.2 Å². The van der Waals surface area contributed by atoms with Gasteiger partial charge in [-0.2, -0.15) is 0 Å². The largest absolute Gasteiger partial charge is 0.347 e. The first-order valence-electron chi connectivity index (χ1n) is 9.77. The molecule has 0 amide bonds. The number of nitrogens with one attached hydrogen (secondary N) is 1. The molecule has 0 saturated heterocycles. The second kappa shape index (κ2) is 6.95. The Morgan fingerprint density at radius 3 is 2.73 bits per heavy atom. The standard InChI is InChI=1S/C23H21N5OS/c1-23(2)16-9-5-7-11-18(16)28(3)19(23)12-14(29)13-30-22-25-21-20(26-27-22)15-8-4-6-10-17(15)24-21/h4-12H,13H2,1-3H3,(H,24,25,27). The molecular formula is C23H21N5OS. The molecule has 5 rings (SSSR count). The number of para-hydroxylation sites is 2. The Bertz CT molecular complexity index is 1320. The van der Waals surface area contributed by atoms with Crippen molar-refractivity contribution in [3.63, 3.8) is 0 Å². The first-order valence-corrected chi connectivity index (χ1v) is 10.8. The van der Waals surface area contributed by atoms with Crippen LogP contribution in [0.1, 0.15) is 19.4 Å². The van der Waals surface area contributed by atoms with Crippen LogP contribution in [0.5, 0.6) is 0 Å². The molecule has 2 aromatic heterocycles. The van der Waals surface area contributed by atoms with Gasteiger partial charge in [0, 0.05) is 40.8 Å². The number of likely N-dealkylation sites (N-methyl/N-ethyl adjacent to an activating group) is 1. The summed E-state index contributed by atoms with van der Waals surface area (Å²) in [4.78, 5) is 22.7. The Labute approximate surface area is 178 Å². The van der Waals surface area contributed by atoms with Gasteiger partial charge >= 0.3 is 0 Å². The Hall–Kier alpha value is -3.19. The van der Waals surface area contributed by atoms with Crippen molar-refractivity contribution in [3.05, 3.63) is 65.9 Å². The third-order valence-corrected chi connectivity index (χ3v) is 6.54. The summed E-state index contributed by atoms with van der Waals surface area (Å²) >= 11 is 1.30. The predicted octanol–water partition coefficient (Wildman–Crippen LogP) is 4.48. The normalized spacial score (nSPS) is 16.5. The zero-order chi connectivity index (χ0) is 20.9. The average Bonchev–Trinajstić information content (AvgIpc) is 3.21. The molecule has 0 bridgehead atoms. The highest BCUT2D eigenvalue weighted by atomic mass is 32.2. The quantitative estimate of drug-likeness (QED) is 0.391. The number of allylic oxidation sites excluding steroid dienone is 2. The fourth-order valence-corrected chi connectivity index (χ4v) is 4.76. The van der Waals surface area contributed by atoms with Gasteiger partial charge in [-0.3, -0.25) is 4.79 Å². The molecule has 4 aromatic rings. The number of aromatic amines is 1. The average molecular weight is 416 g/mol. The van der Waals surface area contributed by atoms with Crippen LogP contribution in [0.4, 0.5) is 5.69 Å². The lowest BCUT2D eigenvalue weighted by molar-refractivity contribution is -0.112. The zero-order valence-electron chi connectivity index (χ0n) is 17.0. The van der Waals surface area contributed by atoms with Gasteiger partial charge in [0.15, 0.2) is 11.4 Å². The molecule has 30 heavy (non-hydrogen) atoms. The minimum absolute atomic E-state index is 0.0306. The van der Waals surface area contributed by atoms with Crippen LogP contribution in [0.2, 0.25) is 0 Å². The van der Waals surface area contributed by atoms with E-state index in [1.54, 1.807) is 6.08 Å². The van der Waals surface area contributed by atoms with Crippen LogP contribution in [0.3, 0.4) is 0 Å². The number of rotatable bonds is 4. The Morgan fingerprint density at radius 1 is 1.13 bits per heavy atom. The lowest BCUT2D eigenvalue weighted by atomic mass is 9.83. The highest BCUT2D eigenvalue weighted by Gasteiger charge is 2.38. The molecule has 0 fully saturated rings. The van der Waals surface area contributed by atoms with Crippen molar-refractivity contribution in [3.8, 4) is 0 Å². The van der Waals surface area contributed by atoms with Gasteiger partial charge in [-0.1, -0.05) is 62.0 Å². The minimum atomic E-state index is -0.215. The van der Waals surface area contributed by atoms with Crippen LogP contribution >= 0.6 is 11.8 Å². The molecule has 1 N–H and O–H groups in total. The highest BCUT2D eigenvalue weighted by molar-refractivity contribution is 7.99. The predicted molar refractivity (Wildman–Crippen MR) is 121 cm³/mol. The molecule has 6 nitrogen and oxygen atoms in total. The number of hydrogen-bond acceptors (Lipinski definition) is 6. The summed E-state index contributed by atoms with van der Waals surface area (Å²) in [7, 11) is 2.01. The third kappa shape index (κ3) is 2.97. The van der Waals surface area contributed by atoms with Gasteiger partial charge in [0.2, 0.25) is 5.16 Å². The Kier molecular flexibility index (Phi) is 4.36. The molecule has 0 atom stereocenters. The van der Waals surface area contributed by atoms with Crippen LogP contribution < -0.4 is 4.90 Å². The maximum atomic E-state index is 12.8. The summed E-state index contributed by atoms with van der Waals surface area (Å²) < 4.78 is 0. The van der Waals surface area contributed by atoms with Crippen LogP contribution in [0.25, 0.3) is 22.1 Å². The molecule has 1 aliphatic heterocycles. The SMILES string of the molecule is CN1C(=CC(=O)CSc2nnc3c(n2)[nH]c2ccccc23)C(C)(C)c2ccccc21. The van der Waals surface area contributed by atoms with E-state index in [4.69, 9.17) is 0 Å². The van der Waals surface area contributed by atoms with Crippen LogP contribution in [-0.2, 0) is 10.2 Å². The Morgan fingerprint density at radius 2 is 1.90 bits per heavy atom. The summed E-state index contributed by atoms with van der Waals surface area (Å²) in [6.07, 6.45) is 1.75. The van der Waals surface area contributed by atoms with Crippen LogP contribution in [-0.4, -0.2) is 38.7 Å². The van der Waals surface area contributed by atoms with E-state index in [-0.39, 0.29) is 17.0 Å². The third-order valence-electron chi connectivity index (χ3n) is 5.68. The van der Waals surface area contributed by atoms with Crippen molar-refractivity contribution in [2.45, 2.75) is 24.4 Å². The molecular weight excluding hydrogens is 394 g/mol. The maximum absolute atomic E-state index is 12.8. The van der Waals surface area contributed by atoms with Gasteiger partial charge in [-0.25, -0.2) is 4.98 Å². The summed E-state index contributed by atoms with van der Waals surface area (Å²) in [5.41, 5.74) is 5.57. The molecule has 150 valence electrons. The van der Waals surface area contributed by atoms with Gasteiger partial charge in [-0.05, 0) is 17.7 Å². The van der Waals surface area contributed by atoms with Gasteiger partial charge in [0.25, 0.3) is 0 Å². The summed E-state index contributed by atoms with van der Waals surface area (Å²) in [6.45, 7) is 4.30. The lowest BCUT2D eigenvalue weighted by Gasteiger charge is -2.23. The molecule has 0 radical (unpaired) electrons. The van der Waals surface area contributed by atoms with Crippen molar-refractivity contribution in [2.24, 2.45) is 0 Å². The van der Waals surface area contributed by atoms with Gasteiger partial charge in [0.1, 0.15) is 5.52 Å². The summed E-state index contributed by atoms with van der Waals surface area (Å²) in [6, 6.07) is 16.2. The minimum Gasteiger partial charge on any atom is -0.347 e. The second-order valence-corrected chi connectivity index (χ2v) is 8.89. The van der Waals surface area contributed by atoms with Crippen molar-refractivity contribution in [2.75, 3.05) is 17.7 Å². The molecule has 7 heteroatoms. The molecule has 1 aliphatic rings. The van der Waals surface area contributed by atoms with Crippen molar-refractivity contribution < 1.29 is 4.79 Å². The van der Waals surface area contributed by atoms with E-state index in [2.05, 4.69) is 51.0 Å². The number of ketones is 1. The molecule has 3 heterocycles. The zero-order valence-corrected chi connectivity index (χ0v) is 17.8. The molecule has 2 aromatic carbocycles. The Balaban J connectivity index is 1.36. The summed E-state index contributed by atoms with van der Waals surface area (Å²) in [5.74, 6) is 0.292. The van der Waals surface area contributed by atoms with E-state index in [0.29, 0.717) is 10.8 Å². The first-order chi connectivity index (χ1) is 14.4. The van der Waals surface area contributed by atoms with E-state index < -0.39 is 0 Å². The number of aromatic nitrogens is 4. The summed E-state index contributed by atoms with van der Waals surface area (Å²) in [5, 5.41) is 10.0. The number of anilines is 1. The molecule has 0 saturated carbocycles. The number of hydrogen-bond donors (Lipinski definition) is 1. The smallest absolute Gasteiger partial charge is 0.211 e. The van der Waals surface area contributed by atoms with Crippen molar-refractivity contribution >= 4 is 45.3 Å². The molecule has 0 spiro atoms. The van der Waals surface area contributed by atoms with E-state index >= 15 is 0 Å². The van der Waals surface area contributed by atoms with Crippen molar-refractivity contribution in [1.29, 1.82) is 0 Å². The van der Waals surface area contributed by atoms with Gasteiger partial charge < -0.3 is 9.88 Å². The molecule has 0 unspecified atom stereocenters. The molecule has 0 aliphatic carbocycles. The number of benzene rings is 2. The number of carbonyl (C=O) groups excluding carboxylic acids is 1. The lowest BCUT2D eigenvalue weighted by Crippen LogP contribution is -2.24. The van der Waals surface area contributed by atoms with Crippen LogP contribution in [0.15, 0.2) is 65.5 Å². The fourth-order valence-electron chi connectivity index (χ4n) is 4.16. The monoisotopic (exact) mass is 415 g/mol.